The first-order valence-electron chi connectivity index (χ1n) is 8.03. The number of hydrogen-bond donors (Lipinski definition) is 3. The second-order valence-electron chi connectivity index (χ2n) is 6.99. The number of aromatic hydroxyl groups is 1. The molecule has 0 aliphatic carbocycles. The first-order valence-corrected chi connectivity index (χ1v) is 8.03. The number of amides is 2. The molecule has 1 aliphatic rings. The van der Waals surface area contributed by atoms with Gasteiger partial charge in [0.05, 0.1) is 5.56 Å². The number of benzene rings is 1. The number of ether oxygens (including phenoxy) is 1. The summed E-state index contributed by atoms with van der Waals surface area (Å²) in [5.74, 6) is -0.326. The van der Waals surface area contributed by atoms with E-state index in [2.05, 4.69) is 5.32 Å². The summed E-state index contributed by atoms with van der Waals surface area (Å²) >= 11 is 0. The van der Waals surface area contributed by atoms with Crippen molar-refractivity contribution in [3.8, 4) is 5.75 Å². The molecule has 7 nitrogen and oxygen atoms in total. The fraction of sp³-hybridized carbons (Fsp3) is 0.529. The number of anilines is 1. The number of rotatable bonds is 2. The van der Waals surface area contributed by atoms with Crippen LogP contribution in [0.5, 0.6) is 5.75 Å². The third-order valence-electron chi connectivity index (χ3n) is 3.76. The normalized spacial score (nSPS) is 15.9. The van der Waals surface area contributed by atoms with Crippen molar-refractivity contribution in [1.29, 1.82) is 0 Å². The van der Waals surface area contributed by atoms with Crippen molar-refractivity contribution >= 4 is 17.7 Å². The minimum absolute atomic E-state index is 0.00547. The first-order chi connectivity index (χ1) is 11.2. The molecule has 1 aromatic rings. The summed E-state index contributed by atoms with van der Waals surface area (Å²) in [7, 11) is 0. The van der Waals surface area contributed by atoms with Gasteiger partial charge in [0.1, 0.15) is 11.4 Å². The minimum atomic E-state index is -0.519. The minimum Gasteiger partial charge on any atom is -0.508 e. The van der Waals surface area contributed by atoms with Gasteiger partial charge in [-0.3, -0.25) is 4.79 Å². The number of nitrogen functional groups attached to an aromatic ring is 1. The molecule has 0 unspecified atom stereocenters. The highest BCUT2D eigenvalue weighted by molar-refractivity contribution is 5.99. The van der Waals surface area contributed by atoms with Crippen LogP contribution in [-0.2, 0) is 4.74 Å². The molecule has 4 N–H and O–H groups in total. The zero-order valence-corrected chi connectivity index (χ0v) is 14.3. The summed E-state index contributed by atoms with van der Waals surface area (Å²) in [6.45, 7) is 6.54. The molecule has 1 aromatic carbocycles. The van der Waals surface area contributed by atoms with E-state index >= 15 is 0 Å². The van der Waals surface area contributed by atoms with E-state index in [1.54, 1.807) is 4.90 Å². The van der Waals surface area contributed by atoms with E-state index in [1.165, 1.54) is 18.2 Å². The summed E-state index contributed by atoms with van der Waals surface area (Å²) in [6.07, 6.45) is 0.956. The van der Waals surface area contributed by atoms with Gasteiger partial charge in [-0.2, -0.15) is 0 Å². The predicted octanol–water partition coefficient (Wildman–Crippen LogP) is 2.10. The fourth-order valence-corrected chi connectivity index (χ4v) is 2.54. The van der Waals surface area contributed by atoms with Gasteiger partial charge in [-0.25, -0.2) is 4.79 Å². The molecule has 132 valence electrons. The Morgan fingerprint density at radius 2 is 1.92 bits per heavy atom. The molecule has 2 amide bonds. The molecular weight excluding hydrogens is 310 g/mol. The maximum Gasteiger partial charge on any atom is 0.410 e. The molecule has 1 fully saturated rings. The standard InChI is InChI=1S/C17H25N3O4/c1-17(2,3)24-16(23)20-8-6-11(7-9-20)19-15(22)13-10-12(21)4-5-14(13)18/h4-5,10-11,21H,6-9,18H2,1-3H3,(H,19,22). The largest absolute Gasteiger partial charge is 0.508 e. The molecule has 0 atom stereocenters. The average Bonchev–Trinajstić information content (AvgIpc) is 2.48. The Bertz CT molecular complexity index is 617. The van der Waals surface area contributed by atoms with Gasteiger partial charge >= 0.3 is 6.09 Å². The van der Waals surface area contributed by atoms with Gasteiger partial charge in [0.25, 0.3) is 5.91 Å². The van der Waals surface area contributed by atoms with E-state index in [9.17, 15) is 14.7 Å². The Morgan fingerprint density at radius 3 is 2.50 bits per heavy atom. The summed E-state index contributed by atoms with van der Waals surface area (Å²) in [6, 6.07) is 4.24. The zero-order chi connectivity index (χ0) is 17.9. The Morgan fingerprint density at radius 1 is 1.29 bits per heavy atom. The van der Waals surface area contributed by atoms with Crippen LogP contribution >= 0.6 is 0 Å². The number of piperidine rings is 1. The smallest absolute Gasteiger partial charge is 0.410 e. The van der Waals surface area contributed by atoms with Crippen molar-refractivity contribution in [2.45, 2.75) is 45.3 Å². The van der Waals surface area contributed by atoms with E-state index in [1.807, 2.05) is 20.8 Å². The molecule has 1 saturated heterocycles. The molecule has 0 saturated carbocycles. The van der Waals surface area contributed by atoms with Gasteiger partial charge in [-0.05, 0) is 51.8 Å². The number of carbonyl (C=O) groups is 2. The van der Waals surface area contributed by atoms with Crippen LogP contribution in [0.4, 0.5) is 10.5 Å². The molecule has 0 aromatic heterocycles. The lowest BCUT2D eigenvalue weighted by molar-refractivity contribution is 0.0199. The first kappa shape index (κ1) is 17.9. The van der Waals surface area contributed by atoms with E-state index in [-0.39, 0.29) is 29.4 Å². The number of nitrogens with zero attached hydrogens (tertiary/aromatic N) is 1. The monoisotopic (exact) mass is 335 g/mol. The number of nitrogens with one attached hydrogen (secondary N) is 1. The fourth-order valence-electron chi connectivity index (χ4n) is 2.54. The molecule has 1 heterocycles. The van der Waals surface area contributed by atoms with E-state index in [4.69, 9.17) is 10.5 Å². The van der Waals surface area contributed by atoms with Crippen LogP contribution in [0.1, 0.15) is 44.0 Å². The lowest BCUT2D eigenvalue weighted by Gasteiger charge is -2.33. The topological polar surface area (TPSA) is 105 Å². The average molecular weight is 335 g/mol. The van der Waals surface area contributed by atoms with Crippen molar-refractivity contribution in [2.75, 3.05) is 18.8 Å². The molecule has 1 aliphatic heterocycles. The number of likely N-dealkylation sites (tertiary alicyclic amines) is 1. The quantitative estimate of drug-likeness (QED) is 0.567. The Kier molecular flexibility index (Phi) is 5.21. The van der Waals surface area contributed by atoms with Gasteiger partial charge in [0.2, 0.25) is 0 Å². The molecular formula is C17H25N3O4. The maximum absolute atomic E-state index is 12.3. The van der Waals surface area contributed by atoms with E-state index < -0.39 is 5.60 Å². The van der Waals surface area contributed by atoms with Gasteiger partial charge in [-0.1, -0.05) is 0 Å². The molecule has 24 heavy (non-hydrogen) atoms. The van der Waals surface area contributed by atoms with Crippen molar-refractivity contribution in [2.24, 2.45) is 0 Å². The van der Waals surface area contributed by atoms with Gasteiger partial charge < -0.3 is 25.8 Å². The lowest BCUT2D eigenvalue weighted by atomic mass is 10.0. The Labute approximate surface area is 141 Å². The summed E-state index contributed by atoms with van der Waals surface area (Å²) in [5.41, 5.74) is 5.83. The molecule has 0 spiro atoms. The number of phenolic OH excluding ortho intramolecular Hbond substituents is 1. The summed E-state index contributed by atoms with van der Waals surface area (Å²) in [4.78, 5) is 25.9. The van der Waals surface area contributed by atoms with Crippen molar-refractivity contribution in [1.82, 2.24) is 10.2 Å². The van der Waals surface area contributed by atoms with Crippen molar-refractivity contribution in [3.63, 3.8) is 0 Å². The Balaban J connectivity index is 1.88. The SMILES string of the molecule is CC(C)(C)OC(=O)N1CCC(NC(=O)c2cc(O)ccc2N)CC1. The number of hydrogen-bond acceptors (Lipinski definition) is 5. The zero-order valence-electron chi connectivity index (χ0n) is 14.3. The number of nitrogens with two attached hydrogens (primary N) is 1. The van der Waals surface area contributed by atoms with Gasteiger partial charge in [-0.15, -0.1) is 0 Å². The predicted molar refractivity (Wildman–Crippen MR) is 90.8 cm³/mol. The van der Waals surface area contributed by atoms with Gasteiger partial charge in [0.15, 0.2) is 0 Å². The highest BCUT2D eigenvalue weighted by Crippen LogP contribution is 2.20. The summed E-state index contributed by atoms with van der Waals surface area (Å²) < 4.78 is 5.35. The second-order valence-corrected chi connectivity index (χ2v) is 6.99. The molecule has 0 radical (unpaired) electrons. The van der Waals surface area contributed by atoms with Crippen LogP contribution in [-0.4, -0.2) is 46.7 Å². The van der Waals surface area contributed by atoms with Crippen LogP contribution in [0.2, 0.25) is 0 Å². The van der Waals surface area contributed by atoms with Crippen LogP contribution in [0.3, 0.4) is 0 Å². The molecule has 0 bridgehead atoms. The highest BCUT2D eigenvalue weighted by Gasteiger charge is 2.27. The number of phenols is 1. The molecule has 2 rings (SSSR count). The lowest BCUT2D eigenvalue weighted by Crippen LogP contribution is -2.47. The van der Waals surface area contributed by atoms with Crippen LogP contribution < -0.4 is 11.1 Å². The number of carbonyl (C=O) groups excluding carboxylic acids is 2. The van der Waals surface area contributed by atoms with E-state index in [0.717, 1.165) is 0 Å². The van der Waals surface area contributed by atoms with Crippen LogP contribution in [0, 0.1) is 0 Å². The molecule has 7 heteroatoms. The second kappa shape index (κ2) is 6.98. The van der Waals surface area contributed by atoms with Gasteiger partial charge in [0, 0.05) is 24.8 Å². The van der Waals surface area contributed by atoms with Crippen LogP contribution in [0.25, 0.3) is 0 Å². The highest BCUT2D eigenvalue weighted by atomic mass is 16.6. The van der Waals surface area contributed by atoms with Crippen molar-refractivity contribution in [3.05, 3.63) is 23.8 Å². The maximum atomic E-state index is 12.3. The Hall–Kier alpha value is -2.44. The third-order valence-corrected chi connectivity index (χ3v) is 3.76. The van der Waals surface area contributed by atoms with Crippen LogP contribution in [0.15, 0.2) is 18.2 Å². The third kappa shape index (κ3) is 4.78. The summed E-state index contributed by atoms with van der Waals surface area (Å²) in [5, 5.41) is 12.4. The van der Waals surface area contributed by atoms with E-state index in [0.29, 0.717) is 31.6 Å². The van der Waals surface area contributed by atoms with Crippen molar-refractivity contribution < 1.29 is 19.4 Å².